The fourth-order valence-electron chi connectivity index (χ4n) is 4.63. The topological polar surface area (TPSA) is 99.1 Å². The van der Waals surface area contributed by atoms with E-state index in [2.05, 4.69) is 27.4 Å². The average molecular weight is 553 g/mol. The van der Waals surface area contributed by atoms with Crippen molar-refractivity contribution in [1.82, 2.24) is 0 Å². The van der Waals surface area contributed by atoms with Crippen molar-refractivity contribution in [3.8, 4) is 17.2 Å². The summed E-state index contributed by atoms with van der Waals surface area (Å²) in [6.45, 7) is 2.87. The van der Waals surface area contributed by atoms with E-state index in [4.69, 9.17) is 4.74 Å². The maximum Gasteiger partial charge on any atom is 0.147 e. The van der Waals surface area contributed by atoms with Gasteiger partial charge in [-0.15, -0.1) is 5.11 Å². The molecule has 0 radical (unpaired) electrons. The number of benzene rings is 4. The zero-order chi connectivity index (χ0) is 28.7. The van der Waals surface area contributed by atoms with E-state index in [1.165, 1.54) is 57.4 Å². The minimum absolute atomic E-state index is 0.0224. The molecule has 0 amide bonds. The number of hydrogen-bond acceptors (Lipinski definition) is 7. The monoisotopic (exact) mass is 552 g/mol. The Bertz CT molecular complexity index is 1420. The first-order valence-electron chi connectivity index (χ1n) is 14.7. The lowest BCUT2D eigenvalue weighted by Gasteiger charge is -2.10. The lowest BCUT2D eigenvalue weighted by molar-refractivity contribution is 0.304. The number of unbranched alkanes of at least 4 members (excludes halogenated alkanes) is 9. The van der Waals surface area contributed by atoms with Crippen LogP contribution in [0.3, 0.4) is 0 Å². The highest BCUT2D eigenvalue weighted by Gasteiger charge is 2.13. The van der Waals surface area contributed by atoms with Crippen LogP contribution in [0.2, 0.25) is 0 Å². The Morgan fingerprint density at radius 3 is 1.73 bits per heavy atom. The lowest BCUT2D eigenvalue weighted by Crippen LogP contribution is -1.97. The van der Waals surface area contributed by atoms with Crippen molar-refractivity contribution >= 4 is 33.5 Å². The number of phenols is 2. The number of phenolic OH excluding ortho intramolecular Hbond substituents is 2. The molecular weight excluding hydrogens is 512 g/mol. The first-order valence-corrected chi connectivity index (χ1v) is 14.7. The molecule has 7 nitrogen and oxygen atoms in total. The van der Waals surface area contributed by atoms with Gasteiger partial charge in [-0.2, -0.15) is 15.3 Å². The Hall–Kier alpha value is -4.26. The zero-order valence-corrected chi connectivity index (χ0v) is 23.9. The van der Waals surface area contributed by atoms with Gasteiger partial charge >= 0.3 is 0 Å². The van der Waals surface area contributed by atoms with Gasteiger partial charge in [0.2, 0.25) is 0 Å². The maximum atomic E-state index is 10.6. The third-order valence-corrected chi connectivity index (χ3v) is 6.96. The third kappa shape index (κ3) is 9.41. The molecular formula is C34H40N4O3. The molecule has 0 atom stereocenters. The van der Waals surface area contributed by atoms with Gasteiger partial charge in [-0.1, -0.05) is 82.9 Å². The second kappa shape index (κ2) is 16.1. The van der Waals surface area contributed by atoms with E-state index < -0.39 is 0 Å². The first-order chi connectivity index (χ1) is 20.1. The van der Waals surface area contributed by atoms with Crippen molar-refractivity contribution < 1.29 is 14.9 Å². The molecule has 2 N–H and O–H groups in total. The molecule has 0 aromatic heterocycles. The number of nitrogens with zero attached hydrogens (tertiary/aromatic N) is 4. The van der Waals surface area contributed by atoms with E-state index >= 15 is 0 Å². The summed E-state index contributed by atoms with van der Waals surface area (Å²) in [5.41, 5.74) is 2.33. The number of rotatable bonds is 16. The number of azo groups is 2. The van der Waals surface area contributed by atoms with E-state index in [9.17, 15) is 10.2 Å². The highest BCUT2D eigenvalue weighted by Crippen LogP contribution is 2.42. The highest BCUT2D eigenvalue weighted by atomic mass is 16.5. The molecule has 7 heteroatoms. The molecule has 4 aromatic carbocycles. The predicted octanol–water partition coefficient (Wildman–Crippen LogP) is 11.4. The molecule has 0 aliphatic heterocycles. The second-order valence-corrected chi connectivity index (χ2v) is 10.3. The molecule has 0 aliphatic rings. The van der Waals surface area contributed by atoms with Crippen molar-refractivity contribution in [3.63, 3.8) is 0 Å². The van der Waals surface area contributed by atoms with Crippen LogP contribution in [-0.4, -0.2) is 16.8 Å². The molecule has 0 unspecified atom stereocenters. The van der Waals surface area contributed by atoms with E-state index in [0.717, 1.165) is 18.5 Å². The van der Waals surface area contributed by atoms with Crippen LogP contribution in [0.4, 0.5) is 22.7 Å². The summed E-state index contributed by atoms with van der Waals surface area (Å²) in [6.07, 6.45) is 12.7. The van der Waals surface area contributed by atoms with Crippen LogP contribution >= 0.6 is 0 Å². The minimum atomic E-state index is -0.154. The van der Waals surface area contributed by atoms with Crippen LogP contribution in [0.5, 0.6) is 17.2 Å². The van der Waals surface area contributed by atoms with Crippen LogP contribution in [0.25, 0.3) is 10.8 Å². The molecule has 0 bridgehead atoms. The van der Waals surface area contributed by atoms with Crippen molar-refractivity contribution in [2.45, 2.75) is 71.1 Å². The minimum Gasteiger partial charge on any atom is -0.507 e. The molecule has 0 heterocycles. The molecule has 0 saturated heterocycles. The van der Waals surface area contributed by atoms with Crippen molar-refractivity contribution in [2.75, 3.05) is 6.61 Å². The smallest absolute Gasteiger partial charge is 0.147 e. The fraction of sp³-hybridized carbons (Fsp3) is 0.353. The standard InChI is InChI=1S/C34H40N4O3/c1-2-3-4-5-6-7-8-9-10-14-23-41-29-21-22-30-31(24-29)34(33(40)25-32(30)39)38-37-28-19-17-27(18-20-28)36-35-26-15-12-11-13-16-26/h11-13,15-22,24-25,39-40H,2-10,14,23H2,1H3/b36-35+,38-37+. The summed E-state index contributed by atoms with van der Waals surface area (Å²) >= 11 is 0. The summed E-state index contributed by atoms with van der Waals surface area (Å²) in [7, 11) is 0. The van der Waals surface area contributed by atoms with Gasteiger partial charge in [0.1, 0.15) is 22.9 Å². The summed E-state index contributed by atoms with van der Waals surface area (Å²) in [5.74, 6) is 0.493. The van der Waals surface area contributed by atoms with Gasteiger partial charge in [0.15, 0.2) is 0 Å². The van der Waals surface area contributed by atoms with Crippen molar-refractivity contribution in [1.29, 1.82) is 0 Å². The molecule has 4 rings (SSSR count). The Morgan fingerprint density at radius 1 is 0.537 bits per heavy atom. The molecule has 0 spiro atoms. The normalized spacial score (nSPS) is 11.6. The van der Waals surface area contributed by atoms with E-state index in [0.29, 0.717) is 34.5 Å². The van der Waals surface area contributed by atoms with Crippen LogP contribution in [-0.2, 0) is 0 Å². The second-order valence-electron chi connectivity index (χ2n) is 10.3. The molecule has 4 aromatic rings. The van der Waals surface area contributed by atoms with Gasteiger partial charge in [0.25, 0.3) is 0 Å². The number of aromatic hydroxyl groups is 2. The summed E-state index contributed by atoms with van der Waals surface area (Å²) in [5, 5.41) is 39.2. The summed E-state index contributed by atoms with van der Waals surface area (Å²) in [6, 6.07) is 23.4. The van der Waals surface area contributed by atoms with Gasteiger partial charge < -0.3 is 14.9 Å². The fourth-order valence-corrected chi connectivity index (χ4v) is 4.63. The summed E-state index contributed by atoms with van der Waals surface area (Å²) in [4.78, 5) is 0. The molecule has 0 fully saturated rings. The quantitative estimate of drug-likeness (QED) is 0.107. The predicted molar refractivity (Wildman–Crippen MR) is 166 cm³/mol. The van der Waals surface area contributed by atoms with Crippen LogP contribution in [0.15, 0.2) is 99.3 Å². The van der Waals surface area contributed by atoms with Crippen LogP contribution < -0.4 is 4.74 Å². The van der Waals surface area contributed by atoms with E-state index in [1.807, 2.05) is 36.4 Å². The van der Waals surface area contributed by atoms with Gasteiger partial charge in [-0.25, -0.2) is 0 Å². The molecule has 0 saturated carbocycles. The number of ether oxygens (including phenoxy) is 1. The summed E-state index contributed by atoms with van der Waals surface area (Å²) < 4.78 is 6.00. The van der Waals surface area contributed by atoms with Crippen LogP contribution in [0.1, 0.15) is 71.1 Å². The van der Waals surface area contributed by atoms with Gasteiger partial charge in [-0.3, -0.25) is 0 Å². The third-order valence-electron chi connectivity index (χ3n) is 6.96. The highest BCUT2D eigenvalue weighted by molar-refractivity contribution is 6.00. The molecule has 0 aliphatic carbocycles. The Kier molecular flexibility index (Phi) is 11.7. The number of fused-ring (bicyclic) bond motifs is 1. The lowest BCUT2D eigenvalue weighted by atomic mass is 10.1. The SMILES string of the molecule is CCCCCCCCCCCCOc1ccc2c(O)cc(O)c(/N=N/c3ccc(/N=N/c4ccccc4)cc3)c2c1. The Balaban J connectivity index is 1.34. The van der Waals surface area contributed by atoms with Crippen molar-refractivity contribution in [2.24, 2.45) is 20.5 Å². The molecule has 41 heavy (non-hydrogen) atoms. The van der Waals surface area contributed by atoms with Crippen LogP contribution in [0, 0.1) is 0 Å². The first kappa shape index (κ1) is 29.7. The Labute approximate surface area is 242 Å². The molecule has 214 valence electrons. The Morgan fingerprint density at radius 2 is 1.10 bits per heavy atom. The van der Waals surface area contributed by atoms with Crippen molar-refractivity contribution in [3.05, 3.63) is 78.9 Å². The zero-order valence-electron chi connectivity index (χ0n) is 23.9. The van der Waals surface area contributed by atoms with Gasteiger partial charge in [0.05, 0.1) is 23.7 Å². The van der Waals surface area contributed by atoms with Gasteiger partial charge in [-0.05, 0) is 61.0 Å². The maximum absolute atomic E-state index is 10.6. The van der Waals surface area contributed by atoms with Gasteiger partial charge in [0, 0.05) is 16.8 Å². The van der Waals surface area contributed by atoms with E-state index in [1.54, 1.807) is 36.4 Å². The largest absolute Gasteiger partial charge is 0.507 e. The van der Waals surface area contributed by atoms with E-state index in [-0.39, 0.29) is 17.2 Å². The number of hydrogen-bond donors (Lipinski definition) is 2. The average Bonchev–Trinajstić information content (AvgIpc) is 2.99.